The number of nitrogens with one attached hydrogen (secondary N) is 2. The summed E-state index contributed by atoms with van der Waals surface area (Å²) >= 11 is 0. The van der Waals surface area contributed by atoms with Crippen LogP contribution < -0.4 is 24.0 Å². The van der Waals surface area contributed by atoms with Crippen LogP contribution in [-0.2, 0) is 20.0 Å². The number of sulfonamides is 2. The number of ether oxygens (including phenoxy) is 1. The molecule has 9 nitrogen and oxygen atoms in total. The Hall–Kier alpha value is -2.50. The van der Waals surface area contributed by atoms with Crippen molar-refractivity contribution in [3.05, 3.63) is 42.5 Å². The zero-order valence-corrected chi connectivity index (χ0v) is 18.2. The molecule has 0 saturated carbocycles. The minimum atomic E-state index is -3.91. The van der Waals surface area contributed by atoms with Crippen LogP contribution in [0.4, 0.5) is 17.1 Å². The summed E-state index contributed by atoms with van der Waals surface area (Å²) in [4.78, 5) is 2.19. The fraction of sp³-hybridized carbons (Fsp3) is 0.368. The summed E-state index contributed by atoms with van der Waals surface area (Å²) in [5.41, 5.74) is 1.56. The van der Waals surface area contributed by atoms with E-state index in [0.29, 0.717) is 11.4 Å². The number of hydrogen-bond acceptors (Lipinski definition) is 7. The first-order valence-corrected chi connectivity index (χ1v) is 12.9. The molecule has 2 heterocycles. The monoisotopic (exact) mass is 452 g/mol. The number of hydrogen-bond donors (Lipinski definition) is 2. The van der Waals surface area contributed by atoms with Gasteiger partial charge in [0.05, 0.1) is 29.1 Å². The molecule has 0 unspecified atom stereocenters. The highest BCUT2D eigenvalue weighted by atomic mass is 32.2. The van der Waals surface area contributed by atoms with Gasteiger partial charge < -0.3 is 15.0 Å². The van der Waals surface area contributed by atoms with Gasteiger partial charge in [-0.15, -0.1) is 0 Å². The number of fused-ring (bicyclic) bond motifs is 1. The van der Waals surface area contributed by atoms with E-state index >= 15 is 0 Å². The molecule has 0 amide bonds. The fourth-order valence-electron chi connectivity index (χ4n) is 3.67. The maximum Gasteiger partial charge on any atom is 0.264 e. The van der Waals surface area contributed by atoms with Crippen molar-refractivity contribution in [3.8, 4) is 5.75 Å². The molecule has 0 bridgehead atoms. The maximum atomic E-state index is 13.4. The Balaban J connectivity index is 1.71. The van der Waals surface area contributed by atoms with Crippen LogP contribution in [0.2, 0.25) is 0 Å². The first-order chi connectivity index (χ1) is 14.3. The Bertz CT molecular complexity index is 1150. The van der Waals surface area contributed by atoms with Crippen molar-refractivity contribution in [2.45, 2.75) is 4.90 Å². The van der Waals surface area contributed by atoms with E-state index in [2.05, 4.69) is 14.9 Å². The molecule has 0 atom stereocenters. The molecule has 0 aliphatic carbocycles. The first-order valence-electron chi connectivity index (χ1n) is 9.58. The van der Waals surface area contributed by atoms with Crippen molar-refractivity contribution in [1.82, 2.24) is 5.32 Å². The Morgan fingerprint density at radius 1 is 0.967 bits per heavy atom. The van der Waals surface area contributed by atoms with E-state index < -0.39 is 20.0 Å². The fourth-order valence-corrected chi connectivity index (χ4v) is 5.73. The second-order valence-corrected chi connectivity index (χ2v) is 10.8. The van der Waals surface area contributed by atoms with Gasteiger partial charge in [-0.2, -0.15) is 0 Å². The highest BCUT2D eigenvalue weighted by molar-refractivity contribution is 7.93. The number of piperazine rings is 1. The van der Waals surface area contributed by atoms with E-state index in [9.17, 15) is 16.8 Å². The summed E-state index contributed by atoms with van der Waals surface area (Å²) in [6.07, 6.45) is 1.02. The largest absolute Gasteiger partial charge is 0.487 e. The smallest absolute Gasteiger partial charge is 0.264 e. The highest BCUT2D eigenvalue weighted by Gasteiger charge is 2.32. The average Bonchev–Trinajstić information content (AvgIpc) is 2.72. The van der Waals surface area contributed by atoms with E-state index in [-0.39, 0.29) is 23.7 Å². The molecule has 11 heteroatoms. The summed E-state index contributed by atoms with van der Waals surface area (Å²) < 4.78 is 59.4. The second kappa shape index (κ2) is 7.97. The van der Waals surface area contributed by atoms with Gasteiger partial charge in [-0.3, -0.25) is 9.03 Å². The van der Waals surface area contributed by atoms with E-state index in [4.69, 9.17) is 4.74 Å². The lowest BCUT2D eigenvalue weighted by Gasteiger charge is -2.36. The van der Waals surface area contributed by atoms with Gasteiger partial charge in [0.2, 0.25) is 10.0 Å². The van der Waals surface area contributed by atoms with Gasteiger partial charge in [-0.1, -0.05) is 12.1 Å². The number of para-hydroxylation sites is 1. The van der Waals surface area contributed by atoms with Crippen LogP contribution in [0, 0.1) is 0 Å². The minimum absolute atomic E-state index is 0.0107. The van der Waals surface area contributed by atoms with Gasteiger partial charge >= 0.3 is 0 Å². The second-order valence-electron chi connectivity index (χ2n) is 7.19. The molecule has 2 aromatic carbocycles. The quantitative estimate of drug-likeness (QED) is 0.698. The maximum absolute atomic E-state index is 13.4. The lowest BCUT2D eigenvalue weighted by atomic mass is 10.2. The van der Waals surface area contributed by atoms with Crippen molar-refractivity contribution in [2.75, 3.05) is 59.5 Å². The number of benzene rings is 2. The molecule has 1 fully saturated rings. The normalized spacial score (nSPS) is 17.2. The third-order valence-electron chi connectivity index (χ3n) is 4.97. The minimum Gasteiger partial charge on any atom is -0.487 e. The van der Waals surface area contributed by atoms with Crippen LogP contribution in [0.25, 0.3) is 0 Å². The van der Waals surface area contributed by atoms with Crippen LogP contribution in [0.1, 0.15) is 0 Å². The van der Waals surface area contributed by atoms with Crippen LogP contribution in [-0.4, -0.2) is 62.4 Å². The highest BCUT2D eigenvalue weighted by Crippen LogP contribution is 2.42. The zero-order chi connectivity index (χ0) is 21.4. The summed E-state index contributed by atoms with van der Waals surface area (Å²) in [6, 6.07) is 11.3. The lowest BCUT2D eigenvalue weighted by molar-refractivity contribution is 0.315. The molecule has 0 spiro atoms. The van der Waals surface area contributed by atoms with Crippen molar-refractivity contribution < 1.29 is 21.6 Å². The molecule has 2 N–H and O–H groups in total. The van der Waals surface area contributed by atoms with Crippen molar-refractivity contribution in [1.29, 1.82) is 0 Å². The van der Waals surface area contributed by atoms with Gasteiger partial charge in [-0.25, -0.2) is 16.8 Å². The number of rotatable bonds is 5. The molecule has 2 aromatic rings. The van der Waals surface area contributed by atoms with Crippen LogP contribution >= 0.6 is 0 Å². The summed E-state index contributed by atoms with van der Waals surface area (Å²) in [6.45, 7) is 3.73. The van der Waals surface area contributed by atoms with E-state index in [1.165, 1.54) is 28.6 Å². The Morgan fingerprint density at radius 3 is 2.40 bits per heavy atom. The van der Waals surface area contributed by atoms with Crippen molar-refractivity contribution in [2.24, 2.45) is 0 Å². The van der Waals surface area contributed by atoms with Gasteiger partial charge in [0.25, 0.3) is 10.0 Å². The standard InChI is InChI=1S/C19H24N4O5S2/c1-29(24,25)21-15-4-2-5-16(14-15)30(26,27)23-12-13-28-19-17(6-3-7-18(19)23)22-10-8-20-9-11-22/h2-7,14,20-21H,8-13H2,1H3. The predicted molar refractivity (Wildman–Crippen MR) is 116 cm³/mol. The summed E-state index contributed by atoms with van der Waals surface area (Å²) in [5.74, 6) is 0.555. The topological polar surface area (TPSA) is 108 Å². The van der Waals surface area contributed by atoms with Crippen LogP contribution in [0.15, 0.2) is 47.4 Å². The molecule has 1 saturated heterocycles. The number of anilines is 3. The lowest BCUT2D eigenvalue weighted by Crippen LogP contribution is -2.44. The third-order valence-corrected chi connectivity index (χ3v) is 7.38. The molecule has 30 heavy (non-hydrogen) atoms. The Labute approximate surface area is 176 Å². The molecule has 2 aliphatic heterocycles. The zero-order valence-electron chi connectivity index (χ0n) is 16.5. The molecular weight excluding hydrogens is 428 g/mol. The van der Waals surface area contributed by atoms with Crippen LogP contribution in [0.3, 0.4) is 0 Å². The van der Waals surface area contributed by atoms with Gasteiger partial charge in [0, 0.05) is 31.9 Å². The van der Waals surface area contributed by atoms with Gasteiger partial charge in [-0.05, 0) is 30.3 Å². The molecular formula is C19H24N4O5S2. The average molecular weight is 453 g/mol. The summed E-state index contributed by atoms with van der Waals surface area (Å²) in [5, 5.41) is 3.30. The predicted octanol–water partition coefficient (Wildman–Crippen LogP) is 1.06. The van der Waals surface area contributed by atoms with Crippen molar-refractivity contribution in [3.63, 3.8) is 0 Å². The third kappa shape index (κ3) is 4.18. The van der Waals surface area contributed by atoms with Crippen molar-refractivity contribution >= 4 is 37.1 Å². The first kappa shape index (κ1) is 20.8. The SMILES string of the molecule is CS(=O)(=O)Nc1cccc(S(=O)(=O)N2CCOc3c(N4CCNCC4)cccc32)c1. The van der Waals surface area contributed by atoms with E-state index in [0.717, 1.165) is 38.1 Å². The molecule has 0 aromatic heterocycles. The summed E-state index contributed by atoms with van der Waals surface area (Å²) in [7, 11) is -7.43. The number of nitrogens with zero attached hydrogens (tertiary/aromatic N) is 2. The van der Waals surface area contributed by atoms with E-state index in [1.54, 1.807) is 6.07 Å². The Morgan fingerprint density at radius 2 is 1.67 bits per heavy atom. The Kier molecular flexibility index (Phi) is 5.51. The molecule has 162 valence electrons. The van der Waals surface area contributed by atoms with Crippen LogP contribution in [0.5, 0.6) is 5.75 Å². The van der Waals surface area contributed by atoms with E-state index in [1.807, 2.05) is 12.1 Å². The van der Waals surface area contributed by atoms with Gasteiger partial charge in [0.15, 0.2) is 5.75 Å². The molecule has 0 radical (unpaired) electrons. The molecule has 4 rings (SSSR count). The molecule has 2 aliphatic rings. The van der Waals surface area contributed by atoms with Gasteiger partial charge in [0.1, 0.15) is 6.61 Å².